The first kappa shape index (κ1) is 14.0. The van der Waals surface area contributed by atoms with Crippen LogP contribution in [0.2, 0.25) is 0 Å². The summed E-state index contributed by atoms with van der Waals surface area (Å²) in [6.07, 6.45) is 2.04. The van der Waals surface area contributed by atoms with Crippen LogP contribution in [0.25, 0.3) is 0 Å². The van der Waals surface area contributed by atoms with Gasteiger partial charge in [-0.2, -0.15) is 0 Å². The Hall–Kier alpha value is -2.00. The number of benzene rings is 2. The molecule has 2 aromatic rings. The molecule has 1 unspecified atom stereocenters. The molecule has 0 aliphatic heterocycles. The van der Waals surface area contributed by atoms with Crippen LogP contribution in [0.1, 0.15) is 28.2 Å². The van der Waals surface area contributed by atoms with E-state index < -0.39 is 0 Å². The van der Waals surface area contributed by atoms with E-state index in [1.807, 2.05) is 0 Å². The molecule has 3 rings (SSSR count). The summed E-state index contributed by atoms with van der Waals surface area (Å²) in [4.78, 5) is 0. The highest BCUT2D eigenvalue weighted by Crippen LogP contribution is 2.39. The minimum Gasteiger partial charge on any atom is -0.493 e. The van der Waals surface area contributed by atoms with E-state index in [2.05, 4.69) is 36.4 Å². The fourth-order valence-electron chi connectivity index (χ4n) is 3.27. The van der Waals surface area contributed by atoms with Gasteiger partial charge in [0, 0.05) is 12.5 Å². The van der Waals surface area contributed by atoms with Crippen LogP contribution < -0.4 is 15.2 Å². The second-order valence-electron chi connectivity index (χ2n) is 5.39. The van der Waals surface area contributed by atoms with E-state index >= 15 is 0 Å². The van der Waals surface area contributed by atoms with Crippen LogP contribution in [0.3, 0.4) is 0 Å². The summed E-state index contributed by atoms with van der Waals surface area (Å²) < 4.78 is 10.9. The zero-order valence-electron chi connectivity index (χ0n) is 12.6. The van der Waals surface area contributed by atoms with Gasteiger partial charge in [0.25, 0.3) is 0 Å². The number of hydrogen-bond acceptors (Lipinski definition) is 3. The van der Waals surface area contributed by atoms with Crippen molar-refractivity contribution < 1.29 is 9.47 Å². The van der Waals surface area contributed by atoms with Crippen molar-refractivity contribution in [2.45, 2.75) is 18.8 Å². The van der Waals surface area contributed by atoms with Gasteiger partial charge in [0.1, 0.15) is 0 Å². The van der Waals surface area contributed by atoms with Crippen molar-refractivity contribution in [2.75, 3.05) is 20.8 Å². The molecule has 0 saturated heterocycles. The number of nitrogens with two attached hydrogens (primary N) is 1. The molecule has 0 aromatic heterocycles. The quantitative estimate of drug-likeness (QED) is 0.942. The first-order valence-corrected chi connectivity index (χ1v) is 7.31. The highest BCUT2D eigenvalue weighted by molar-refractivity contribution is 5.53. The van der Waals surface area contributed by atoms with Gasteiger partial charge in [0.05, 0.1) is 14.2 Å². The average Bonchev–Trinajstić information content (AvgIpc) is 2.69. The third kappa shape index (κ3) is 2.38. The molecule has 0 heterocycles. The van der Waals surface area contributed by atoms with Crippen LogP contribution >= 0.6 is 0 Å². The molecule has 0 radical (unpaired) electrons. The Morgan fingerprint density at radius 3 is 2.33 bits per heavy atom. The summed E-state index contributed by atoms with van der Waals surface area (Å²) >= 11 is 0. The van der Waals surface area contributed by atoms with E-state index in [4.69, 9.17) is 15.2 Å². The topological polar surface area (TPSA) is 44.5 Å². The van der Waals surface area contributed by atoms with E-state index in [1.54, 1.807) is 14.2 Å². The van der Waals surface area contributed by atoms with Gasteiger partial charge in [-0.05, 0) is 47.2 Å². The van der Waals surface area contributed by atoms with Crippen LogP contribution in [-0.2, 0) is 12.8 Å². The summed E-state index contributed by atoms with van der Waals surface area (Å²) in [5.74, 6) is 1.78. The molecule has 1 aliphatic rings. The number of rotatable bonds is 3. The van der Waals surface area contributed by atoms with Gasteiger partial charge in [-0.15, -0.1) is 0 Å². The third-order valence-corrected chi connectivity index (χ3v) is 4.35. The van der Waals surface area contributed by atoms with Gasteiger partial charge in [-0.1, -0.05) is 24.3 Å². The summed E-state index contributed by atoms with van der Waals surface area (Å²) in [5, 5.41) is 0. The lowest BCUT2D eigenvalue weighted by molar-refractivity contribution is 0.354. The summed E-state index contributed by atoms with van der Waals surface area (Å²) in [6.45, 7) is 0.597. The second-order valence-corrected chi connectivity index (χ2v) is 5.39. The molecule has 0 spiro atoms. The lowest BCUT2D eigenvalue weighted by Crippen LogP contribution is -2.15. The Kier molecular flexibility index (Phi) is 3.84. The zero-order valence-corrected chi connectivity index (χ0v) is 12.6. The van der Waals surface area contributed by atoms with Crippen LogP contribution in [0, 0.1) is 0 Å². The van der Waals surface area contributed by atoms with Gasteiger partial charge < -0.3 is 15.2 Å². The molecule has 0 saturated carbocycles. The normalized spacial score (nSPS) is 16.6. The SMILES string of the molecule is COc1cc2c(cc1OC)C(CN)c1ccccc1CC2. The maximum atomic E-state index is 6.09. The van der Waals surface area contributed by atoms with Crippen molar-refractivity contribution in [3.63, 3.8) is 0 Å². The molecule has 1 aliphatic carbocycles. The van der Waals surface area contributed by atoms with Gasteiger partial charge >= 0.3 is 0 Å². The minimum absolute atomic E-state index is 0.221. The summed E-state index contributed by atoms with van der Waals surface area (Å²) in [5.41, 5.74) is 11.4. The molecule has 3 nitrogen and oxygen atoms in total. The molecule has 0 fully saturated rings. The Bertz CT molecular complexity index is 652. The van der Waals surface area contributed by atoms with Crippen molar-refractivity contribution >= 4 is 0 Å². The number of fused-ring (bicyclic) bond motifs is 2. The zero-order chi connectivity index (χ0) is 14.8. The number of ether oxygens (including phenoxy) is 2. The molecule has 0 amide bonds. The maximum Gasteiger partial charge on any atom is 0.161 e. The number of aryl methyl sites for hydroxylation is 2. The molecule has 0 bridgehead atoms. The third-order valence-electron chi connectivity index (χ3n) is 4.35. The van der Waals surface area contributed by atoms with Gasteiger partial charge in [-0.3, -0.25) is 0 Å². The van der Waals surface area contributed by atoms with E-state index in [0.29, 0.717) is 6.54 Å². The lowest BCUT2D eigenvalue weighted by atomic mass is 9.88. The molecule has 3 heteroatoms. The van der Waals surface area contributed by atoms with Crippen molar-refractivity contribution in [2.24, 2.45) is 5.73 Å². The molecule has 21 heavy (non-hydrogen) atoms. The van der Waals surface area contributed by atoms with E-state index in [0.717, 1.165) is 24.3 Å². The Morgan fingerprint density at radius 2 is 1.62 bits per heavy atom. The van der Waals surface area contributed by atoms with Crippen LogP contribution in [0.15, 0.2) is 36.4 Å². The highest BCUT2D eigenvalue weighted by atomic mass is 16.5. The second kappa shape index (κ2) is 5.78. The van der Waals surface area contributed by atoms with Crippen LogP contribution in [-0.4, -0.2) is 20.8 Å². The van der Waals surface area contributed by atoms with Crippen LogP contribution in [0.4, 0.5) is 0 Å². The Morgan fingerprint density at radius 1 is 0.952 bits per heavy atom. The van der Waals surface area contributed by atoms with Gasteiger partial charge in [0.15, 0.2) is 11.5 Å². The smallest absolute Gasteiger partial charge is 0.161 e. The van der Waals surface area contributed by atoms with Crippen LogP contribution in [0.5, 0.6) is 11.5 Å². The van der Waals surface area contributed by atoms with E-state index in [9.17, 15) is 0 Å². The average molecular weight is 283 g/mol. The maximum absolute atomic E-state index is 6.09. The molecule has 1 atom stereocenters. The van der Waals surface area contributed by atoms with Gasteiger partial charge in [-0.25, -0.2) is 0 Å². The summed E-state index contributed by atoms with van der Waals surface area (Å²) in [6, 6.07) is 12.8. The van der Waals surface area contributed by atoms with Crippen molar-refractivity contribution in [3.8, 4) is 11.5 Å². The fraction of sp³-hybridized carbons (Fsp3) is 0.333. The highest BCUT2D eigenvalue weighted by Gasteiger charge is 2.24. The fourth-order valence-corrected chi connectivity index (χ4v) is 3.27. The van der Waals surface area contributed by atoms with Crippen molar-refractivity contribution in [3.05, 3.63) is 58.7 Å². The van der Waals surface area contributed by atoms with E-state index in [-0.39, 0.29) is 5.92 Å². The minimum atomic E-state index is 0.221. The first-order valence-electron chi connectivity index (χ1n) is 7.31. The monoisotopic (exact) mass is 283 g/mol. The molecule has 110 valence electrons. The first-order chi connectivity index (χ1) is 10.3. The molecular formula is C18H21NO2. The Labute approximate surface area is 125 Å². The largest absolute Gasteiger partial charge is 0.493 e. The van der Waals surface area contributed by atoms with Crippen molar-refractivity contribution in [1.29, 1.82) is 0 Å². The predicted octanol–water partition coefficient (Wildman–Crippen LogP) is 2.89. The standard InChI is InChI=1S/C18H21NO2/c1-20-17-9-13-8-7-12-5-3-4-6-14(12)16(11-19)15(13)10-18(17)21-2/h3-6,9-10,16H,7-8,11,19H2,1-2H3. The number of hydrogen-bond donors (Lipinski definition) is 1. The Balaban J connectivity index is 2.18. The molecule has 2 N–H and O–H groups in total. The lowest BCUT2D eigenvalue weighted by Gasteiger charge is -2.20. The van der Waals surface area contributed by atoms with Gasteiger partial charge in [0.2, 0.25) is 0 Å². The predicted molar refractivity (Wildman–Crippen MR) is 84.3 cm³/mol. The molecule has 2 aromatic carbocycles. The number of methoxy groups -OCH3 is 2. The summed E-state index contributed by atoms with van der Waals surface area (Å²) in [7, 11) is 3.35. The van der Waals surface area contributed by atoms with Crippen molar-refractivity contribution in [1.82, 2.24) is 0 Å². The molecular weight excluding hydrogens is 262 g/mol. The van der Waals surface area contributed by atoms with E-state index in [1.165, 1.54) is 22.3 Å².